The molecular formula is C21H28N3O3S+. The van der Waals surface area contributed by atoms with E-state index in [4.69, 9.17) is 0 Å². The van der Waals surface area contributed by atoms with E-state index in [1.54, 1.807) is 30.3 Å². The Labute approximate surface area is 167 Å². The standard InChI is InChI=1S/C21H27N3O3S/c1-17-8-10-19(11-9-17)16-22-21(25)18(2)23-12-14-24(15-13-23)28(26,27)20-6-4-3-5-7-20/h3-11,18H,12-16H2,1-2H3,(H,22,25)/p+1/t18-/m1/s1. The Balaban J connectivity index is 1.52. The lowest BCUT2D eigenvalue weighted by molar-refractivity contribution is -0.917. The van der Waals surface area contributed by atoms with Gasteiger partial charge in [-0.2, -0.15) is 4.31 Å². The molecular weight excluding hydrogens is 374 g/mol. The first-order valence-electron chi connectivity index (χ1n) is 9.61. The average Bonchev–Trinajstić information content (AvgIpc) is 2.73. The molecule has 1 amide bonds. The van der Waals surface area contributed by atoms with Crippen LogP contribution in [0, 0.1) is 6.92 Å². The van der Waals surface area contributed by atoms with Gasteiger partial charge in [0.1, 0.15) is 0 Å². The van der Waals surface area contributed by atoms with Crippen LogP contribution >= 0.6 is 0 Å². The minimum absolute atomic E-state index is 0.00468. The molecule has 0 spiro atoms. The zero-order valence-corrected chi connectivity index (χ0v) is 17.2. The summed E-state index contributed by atoms with van der Waals surface area (Å²) >= 11 is 0. The maximum Gasteiger partial charge on any atom is 0.278 e. The third kappa shape index (κ3) is 4.79. The lowest BCUT2D eigenvalue weighted by atomic mass is 10.1. The molecule has 28 heavy (non-hydrogen) atoms. The van der Waals surface area contributed by atoms with Crippen molar-refractivity contribution in [3.8, 4) is 0 Å². The van der Waals surface area contributed by atoms with Crippen molar-refractivity contribution in [2.24, 2.45) is 0 Å². The predicted molar refractivity (Wildman–Crippen MR) is 108 cm³/mol. The highest BCUT2D eigenvalue weighted by molar-refractivity contribution is 7.89. The van der Waals surface area contributed by atoms with Crippen LogP contribution in [0.2, 0.25) is 0 Å². The summed E-state index contributed by atoms with van der Waals surface area (Å²) in [7, 11) is -3.46. The van der Waals surface area contributed by atoms with Crippen LogP contribution in [-0.2, 0) is 21.4 Å². The smallest absolute Gasteiger partial charge is 0.278 e. The van der Waals surface area contributed by atoms with Gasteiger partial charge in [0.15, 0.2) is 6.04 Å². The molecule has 1 aliphatic heterocycles. The van der Waals surface area contributed by atoms with Gasteiger partial charge in [-0.3, -0.25) is 4.79 Å². The highest BCUT2D eigenvalue weighted by Crippen LogP contribution is 2.14. The lowest BCUT2D eigenvalue weighted by Gasteiger charge is -2.34. The summed E-state index contributed by atoms with van der Waals surface area (Å²) in [4.78, 5) is 14.0. The molecule has 1 heterocycles. The SMILES string of the molecule is Cc1ccc(CNC(=O)[C@@H](C)[NH+]2CCN(S(=O)(=O)c3ccccc3)CC2)cc1. The molecule has 0 saturated carbocycles. The second-order valence-corrected chi connectivity index (χ2v) is 9.24. The number of amides is 1. The molecule has 1 aliphatic rings. The van der Waals surface area contributed by atoms with E-state index in [-0.39, 0.29) is 11.9 Å². The molecule has 0 radical (unpaired) electrons. The molecule has 0 unspecified atom stereocenters. The van der Waals surface area contributed by atoms with Crippen molar-refractivity contribution in [1.82, 2.24) is 9.62 Å². The maximum atomic E-state index is 12.7. The highest BCUT2D eigenvalue weighted by atomic mass is 32.2. The van der Waals surface area contributed by atoms with Gasteiger partial charge in [0, 0.05) is 6.54 Å². The Hall–Kier alpha value is -2.22. The molecule has 1 atom stereocenters. The molecule has 2 aromatic rings. The summed E-state index contributed by atoms with van der Waals surface area (Å²) in [5.74, 6) is -0.00468. The van der Waals surface area contributed by atoms with E-state index in [0.717, 1.165) is 10.5 Å². The molecule has 0 bridgehead atoms. The number of rotatable bonds is 6. The number of aryl methyl sites for hydroxylation is 1. The number of hydrogen-bond donors (Lipinski definition) is 2. The van der Waals surface area contributed by atoms with Crippen molar-refractivity contribution < 1.29 is 18.1 Å². The van der Waals surface area contributed by atoms with Crippen molar-refractivity contribution in [2.45, 2.75) is 31.3 Å². The van der Waals surface area contributed by atoms with Crippen LogP contribution in [0.1, 0.15) is 18.1 Å². The fourth-order valence-corrected chi connectivity index (χ4v) is 4.88. The highest BCUT2D eigenvalue weighted by Gasteiger charge is 2.34. The zero-order valence-electron chi connectivity index (χ0n) is 16.4. The number of quaternary nitrogens is 1. The summed E-state index contributed by atoms with van der Waals surface area (Å²) in [5.41, 5.74) is 2.26. The van der Waals surface area contributed by atoms with Gasteiger partial charge in [0.25, 0.3) is 5.91 Å². The minimum Gasteiger partial charge on any atom is -0.347 e. The quantitative estimate of drug-likeness (QED) is 0.743. The van der Waals surface area contributed by atoms with E-state index < -0.39 is 10.0 Å². The summed E-state index contributed by atoms with van der Waals surface area (Å²) in [6, 6.07) is 16.4. The number of carbonyl (C=O) groups is 1. The molecule has 2 N–H and O–H groups in total. The monoisotopic (exact) mass is 402 g/mol. The molecule has 2 aromatic carbocycles. The molecule has 150 valence electrons. The summed E-state index contributed by atoms with van der Waals surface area (Å²) < 4.78 is 27.0. The number of piperazine rings is 1. The molecule has 6 nitrogen and oxygen atoms in total. The fraction of sp³-hybridized carbons (Fsp3) is 0.381. The number of nitrogens with one attached hydrogen (secondary N) is 2. The van der Waals surface area contributed by atoms with Crippen molar-refractivity contribution in [3.63, 3.8) is 0 Å². The first kappa shape index (κ1) is 20.5. The normalized spacial score (nSPS) is 17.2. The van der Waals surface area contributed by atoms with Crippen LogP contribution in [0.4, 0.5) is 0 Å². The van der Waals surface area contributed by atoms with E-state index in [1.165, 1.54) is 9.87 Å². The Morgan fingerprint density at radius 3 is 2.29 bits per heavy atom. The van der Waals surface area contributed by atoms with Crippen molar-refractivity contribution >= 4 is 15.9 Å². The maximum absolute atomic E-state index is 12.7. The second-order valence-electron chi connectivity index (χ2n) is 7.30. The van der Waals surface area contributed by atoms with Crippen molar-refractivity contribution in [2.75, 3.05) is 26.2 Å². The van der Waals surface area contributed by atoms with Gasteiger partial charge < -0.3 is 10.2 Å². The van der Waals surface area contributed by atoms with Crippen LogP contribution < -0.4 is 10.2 Å². The molecule has 7 heteroatoms. The third-order valence-corrected chi connectivity index (χ3v) is 7.25. The Bertz CT molecular complexity index is 890. The lowest BCUT2D eigenvalue weighted by Crippen LogP contribution is -3.19. The van der Waals surface area contributed by atoms with Crippen LogP contribution in [0.5, 0.6) is 0 Å². The fourth-order valence-electron chi connectivity index (χ4n) is 3.42. The summed E-state index contributed by atoms with van der Waals surface area (Å²) in [6.07, 6.45) is 0. The van der Waals surface area contributed by atoms with Crippen LogP contribution in [-0.4, -0.2) is 50.9 Å². The molecule has 1 saturated heterocycles. The summed E-state index contributed by atoms with van der Waals surface area (Å²) in [6.45, 7) is 6.51. The van der Waals surface area contributed by atoms with E-state index in [9.17, 15) is 13.2 Å². The topological polar surface area (TPSA) is 70.9 Å². The predicted octanol–water partition coefficient (Wildman–Crippen LogP) is 0.589. The van der Waals surface area contributed by atoms with Gasteiger partial charge in [0.05, 0.1) is 31.1 Å². The van der Waals surface area contributed by atoms with E-state index in [0.29, 0.717) is 37.6 Å². The van der Waals surface area contributed by atoms with Crippen LogP contribution in [0.15, 0.2) is 59.5 Å². The summed E-state index contributed by atoms with van der Waals surface area (Å²) in [5, 5.41) is 2.99. The van der Waals surface area contributed by atoms with Crippen molar-refractivity contribution in [1.29, 1.82) is 0 Å². The van der Waals surface area contributed by atoms with Gasteiger partial charge in [-0.15, -0.1) is 0 Å². The van der Waals surface area contributed by atoms with Gasteiger partial charge >= 0.3 is 0 Å². The van der Waals surface area contributed by atoms with Gasteiger partial charge in [0.2, 0.25) is 10.0 Å². The first-order chi connectivity index (χ1) is 13.4. The Kier molecular flexibility index (Phi) is 6.49. The number of nitrogens with zero attached hydrogens (tertiary/aromatic N) is 1. The van der Waals surface area contributed by atoms with Gasteiger partial charge in [-0.1, -0.05) is 48.0 Å². The molecule has 1 fully saturated rings. The Morgan fingerprint density at radius 2 is 1.68 bits per heavy atom. The largest absolute Gasteiger partial charge is 0.347 e. The van der Waals surface area contributed by atoms with Gasteiger partial charge in [-0.05, 0) is 31.5 Å². The van der Waals surface area contributed by atoms with Gasteiger partial charge in [-0.25, -0.2) is 8.42 Å². The average molecular weight is 403 g/mol. The van der Waals surface area contributed by atoms with Crippen LogP contribution in [0.25, 0.3) is 0 Å². The van der Waals surface area contributed by atoms with E-state index in [2.05, 4.69) is 5.32 Å². The first-order valence-corrected chi connectivity index (χ1v) is 11.0. The second kappa shape index (κ2) is 8.86. The number of sulfonamides is 1. The number of benzene rings is 2. The van der Waals surface area contributed by atoms with Crippen LogP contribution in [0.3, 0.4) is 0 Å². The van der Waals surface area contributed by atoms with E-state index >= 15 is 0 Å². The molecule has 0 aliphatic carbocycles. The zero-order chi connectivity index (χ0) is 20.1. The molecule has 0 aromatic heterocycles. The minimum atomic E-state index is -3.46. The number of hydrogen-bond acceptors (Lipinski definition) is 3. The Morgan fingerprint density at radius 1 is 1.07 bits per heavy atom. The number of carbonyl (C=O) groups excluding carboxylic acids is 1. The molecule has 3 rings (SSSR count). The van der Waals surface area contributed by atoms with Crippen molar-refractivity contribution in [3.05, 3.63) is 65.7 Å². The van der Waals surface area contributed by atoms with E-state index in [1.807, 2.05) is 38.1 Å². The third-order valence-electron chi connectivity index (χ3n) is 5.34.